The van der Waals surface area contributed by atoms with Crippen molar-refractivity contribution in [2.75, 3.05) is 0 Å². The van der Waals surface area contributed by atoms with Crippen LogP contribution in [-0.4, -0.2) is 32.0 Å². The Balaban J connectivity index is 1.64. The van der Waals surface area contributed by atoms with E-state index in [9.17, 15) is 9.18 Å². The number of hydrogen-bond donors (Lipinski definition) is 1. The van der Waals surface area contributed by atoms with Crippen LogP contribution >= 0.6 is 11.8 Å². The zero-order chi connectivity index (χ0) is 19.6. The Hall–Kier alpha value is -1.89. The topological polar surface area (TPSA) is 59.8 Å². The molecule has 0 aliphatic heterocycles. The van der Waals surface area contributed by atoms with E-state index in [0.717, 1.165) is 12.0 Å². The van der Waals surface area contributed by atoms with E-state index in [2.05, 4.69) is 29.4 Å². The van der Waals surface area contributed by atoms with Gasteiger partial charge >= 0.3 is 0 Å². The third-order valence-electron chi connectivity index (χ3n) is 5.62. The Morgan fingerprint density at radius 1 is 1.26 bits per heavy atom. The predicted molar refractivity (Wildman–Crippen MR) is 106 cm³/mol. The zero-order valence-corrected chi connectivity index (χ0v) is 17.1. The molecule has 0 spiro atoms. The second kappa shape index (κ2) is 8.42. The van der Waals surface area contributed by atoms with Crippen molar-refractivity contribution in [1.82, 2.24) is 20.1 Å². The third-order valence-corrected chi connectivity index (χ3v) is 6.76. The molecule has 1 amide bonds. The number of benzene rings is 1. The van der Waals surface area contributed by atoms with Crippen molar-refractivity contribution >= 4 is 17.7 Å². The minimum absolute atomic E-state index is 0.0392. The molecule has 1 aromatic carbocycles. The van der Waals surface area contributed by atoms with Crippen LogP contribution in [0, 0.1) is 17.7 Å². The normalized spacial score (nSPS) is 23.8. The molecule has 4 atom stereocenters. The first-order valence-corrected chi connectivity index (χ1v) is 10.4. The average Bonchev–Trinajstić information content (AvgIpc) is 3.00. The van der Waals surface area contributed by atoms with Crippen LogP contribution in [0.25, 0.3) is 11.4 Å². The van der Waals surface area contributed by atoms with Gasteiger partial charge in [-0.05, 0) is 49.4 Å². The molecule has 1 heterocycles. The van der Waals surface area contributed by atoms with Crippen molar-refractivity contribution in [3.05, 3.63) is 30.1 Å². The van der Waals surface area contributed by atoms with Gasteiger partial charge in [-0.25, -0.2) is 4.39 Å². The molecule has 7 heteroatoms. The van der Waals surface area contributed by atoms with Crippen LogP contribution < -0.4 is 5.32 Å². The molecule has 1 saturated carbocycles. The number of aromatic nitrogens is 3. The summed E-state index contributed by atoms with van der Waals surface area (Å²) in [7, 11) is 1.86. The van der Waals surface area contributed by atoms with Gasteiger partial charge in [0.25, 0.3) is 0 Å². The fraction of sp³-hybridized carbons (Fsp3) is 0.550. The third kappa shape index (κ3) is 4.51. The van der Waals surface area contributed by atoms with E-state index in [4.69, 9.17) is 0 Å². The highest BCUT2D eigenvalue weighted by Gasteiger charge is 2.30. The number of nitrogens with one attached hydrogen (secondary N) is 1. The summed E-state index contributed by atoms with van der Waals surface area (Å²) in [6, 6.07) is 6.41. The van der Waals surface area contributed by atoms with E-state index >= 15 is 0 Å². The van der Waals surface area contributed by atoms with Gasteiger partial charge in [0.15, 0.2) is 11.0 Å². The maximum atomic E-state index is 13.1. The van der Waals surface area contributed by atoms with Crippen molar-refractivity contribution in [2.24, 2.45) is 18.9 Å². The maximum Gasteiger partial charge on any atom is 0.233 e. The largest absolute Gasteiger partial charge is 0.352 e. The molecule has 146 valence electrons. The maximum absolute atomic E-state index is 13.1. The first-order valence-electron chi connectivity index (χ1n) is 9.49. The number of nitrogens with zero attached hydrogens (tertiary/aromatic N) is 3. The van der Waals surface area contributed by atoms with Gasteiger partial charge in [0.2, 0.25) is 5.91 Å². The van der Waals surface area contributed by atoms with Crippen LogP contribution in [0.15, 0.2) is 29.4 Å². The first kappa shape index (κ1) is 19.9. The summed E-state index contributed by atoms with van der Waals surface area (Å²) in [4.78, 5) is 12.7. The summed E-state index contributed by atoms with van der Waals surface area (Å²) in [6.45, 7) is 6.38. The fourth-order valence-electron chi connectivity index (χ4n) is 3.57. The summed E-state index contributed by atoms with van der Waals surface area (Å²) in [5.41, 5.74) is 0.792. The predicted octanol–water partition coefficient (Wildman–Crippen LogP) is 4.04. The second-order valence-electron chi connectivity index (χ2n) is 7.51. The highest BCUT2D eigenvalue weighted by molar-refractivity contribution is 8.00. The van der Waals surface area contributed by atoms with Gasteiger partial charge < -0.3 is 9.88 Å². The van der Waals surface area contributed by atoms with E-state index < -0.39 is 0 Å². The smallest absolute Gasteiger partial charge is 0.233 e. The molecule has 0 radical (unpaired) electrons. The molecular weight excluding hydrogens is 363 g/mol. The summed E-state index contributed by atoms with van der Waals surface area (Å²) in [5, 5.41) is 12.0. The highest BCUT2D eigenvalue weighted by atomic mass is 32.2. The monoisotopic (exact) mass is 390 g/mol. The standard InChI is InChI=1S/C20H27FN4OS/c1-12-6-5-7-17(13(12)2)22-19(26)14(3)27-20-24-23-18(25(20)4)15-8-10-16(21)11-9-15/h8-14,17H,5-7H2,1-4H3,(H,22,26)/t12-,13-,14-,17+/m1/s1. The first-order chi connectivity index (χ1) is 12.9. The minimum Gasteiger partial charge on any atom is -0.352 e. The number of amides is 1. The minimum atomic E-state index is -0.285. The number of hydrogen-bond acceptors (Lipinski definition) is 4. The van der Waals surface area contributed by atoms with E-state index in [1.165, 1.54) is 36.7 Å². The van der Waals surface area contributed by atoms with Crippen LogP contribution in [-0.2, 0) is 11.8 Å². The molecule has 27 heavy (non-hydrogen) atoms. The molecule has 1 aliphatic carbocycles. The molecule has 0 saturated heterocycles. The van der Waals surface area contributed by atoms with Crippen LogP contribution in [0.5, 0.6) is 0 Å². The van der Waals surface area contributed by atoms with Crippen molar-refractivity contribution in [1.29, 1.82) is 0 Å². The molecule has 0 unspecified atom stereocenters. The Morgan fingerprint density at radius 2 is 1.96 bits per heavy atom. The molecular formula is C20H27FN4OS. The van der Waals surface area contributed by atoms with E-state index in [1.54, 1.807) is 12.1 Å². The van der Waals surface area contributed by atoms with Crippen LogP contribution in [0.3, 0.4) is 0 Å². The van der Waals surface area contributed by atoms with Crippen LogP contribution in [0.2, 0.25) is 0 Å². The lowest BCUT2D eigenvalue weighted by molar-refractivity contribution is -0.121. The van der Waals surface area contributed by atoms with E-state index in [-0.39, 0.29) is 23.0 Å². The van der Waals surface area contributed by atoms with Crippen molar-refractivity contribution < 1.29 is 9.18 Å². The van der Waals surface area contributed by atoms with Gasteiger partial charge in [0.1, 0.15) is 5.82 Å². The highest BCUT2D eigenvalue weighted by Crippen LogP contribution is 2.30. The Kier molecular flexibility index (Phi) is 6.19. The summed E-state index contributed by atoms with van der Waals surface area (Å²) < 4.78 is 15.0. The molecule has 1 aromatic heterocycles. The Morgan fingerprint density at radius 3 is 2.67 bits per heavy atom. The second-order valence-corrected chi connectivity index (χ2v) is 8.82. The Bertz CT molecular complexity index is 792. The van der Waals surface area contributed by atoms with Crippen molar-refractivity contribution in [3.8, 4) is 11.4 Å². The van der Waals surface area contributed by atoms with Crippen LogP contribution in [0.1, 0.15) is 40.0 Å². The summed E-state index contributed by atoms with van der Waals surface area (Å²) >= 11 is 1.39. The van der Waals surface area contributed by atoms with Crippen LogP contribution in [0.4, 0.5) is 4.39 Å². The fourth-order valence-corrected chi connectivity index (χ4v) is 4.39. The number of halogens is 1. The SMILES string of the molecule is C[C@@H]1[C@H](C)CCC[C@@H]1NC(=O)[C@@H](C)Sc1nnc(-c2ccc(F)cc2)n1C. The van der Waals surface area contributed by atoms with Gasteiger partial charge in [0, 0.05) is 18.7 Å². The number of carbonyl (C=O) groups is 1. The quantitative estimate of drug-likeness (QED) is 0.783. The summed E-state index contributed by atoms with van der Waals surface area (Å²) in [6.07, 6.45) is 3.46. The Labute approximate surface area is 164 Å². The molecule has 1 N–H and O–H groups in total. The molecule has 1 aliphatic rings. The van der Waals surface area contributed by atoms with E-state index in [0.29, 0.717) is 22.8 Å². The lowest BCUT2D eigenvalue weighted by Crippen LogP contribution is -2.46. The summed E-state index contributed by atoms with van der Waals surface area (Å²) in [5.74, 6) is 1.55. The van der Waals surface area contributed by atoms with Crippen molar-refractivity contribution in [2.45, 2.75) is 56.5 Å². The zero-order valence-electron chi connectivity index (χ0n) is 16.3. The number of carbonyl (C=O) groups excluding carboxylic acids is 1. The molecule has 5 nitrogen and oxygen atoms in total. The van der Waals surface area contributed by atoms with Gasteiger partial charge in [-0.3, -0.25) is 4.79 Å². The lowest BCUT2D eigenvalue weighted by Gasteiger charge is -2.35. The van der Waals surface area contributed by atoms with E-state index in [1.807, 2.05) is 18.5 Å². The number of rotatable bonds is 5. The molecule has 2 aromatic rings. The average molecular weight is 391 g/mol. The van der Waals surface area contributed by atoms with Gasteiger partial charge in [-0.1, -0.05) is 38.5 Å². The van der Waals surface area contributed by atoms with Crippen molar-refractivity contribution in [3.63, 3.8) is 0 Å². The van der Waals surface area contributed by atoms with Gasteiger partial charge in [0.05, 0.1) is 5.25 Å². The molecule has 1 fully saturated rings. The number of thioether (sulfide) groups is 1. The molecule has 3 rings (SSSR count). The van der Waals surface area contributed by atoms with Gasteiger partial charge in [-0.2, -0.15) is 0 Å². The lowest BCUT2D eigenvalue weighted by atomic mass is 9.78. The van der Waals surface area contributed by atoms with Gasteiger partial charge in [-0.15, -0.1) is 10.2 Å². The molecule has 0 bridgehead atoms.